The molecule has 1 rings (SSSR count). The van der Waals surface area contributed by atoms with Crippen molar-refractivity contribution in [1.29, 1.82) is 0 Å². The Kier molecular flexibility index (Phi) is 10.3. The van der Waals surface area contributed by atoms with Gasteiger partial charge in [0.2, 0.25) is 23.6 Å². The fourth-order valence-electron chi connectivity index (χ4n) is 3.21. The van der Waals surface area contributed by atoms with Crippen LogP contribution < -0.4 is 33.6 Å². The van der Waals surface area contributed by atoms with E-state index in [1.165, 1.54) is 11.8 Å². The lowest BCUT2D eigenvalue weighted by molar-refractivity contribution is -0.145. The lowest BCUT2D eigenvalue weighted by Crippen LogP contribution is -2.57. The predicted octanol–water partition coefficient (Wildman–Crippen LogP) is -3.69. The van der Waals surface area contributed by atoms with Crippen LogP contribution in [0, 0.1) is 0 Å². The number of carboxylic acid groups (broad SMARTS) is 1. The largest absolute Gasteiger partial charge is 0.480 e. The third-order valence-electron chi connectivity index (χ3n) is 4.89. The average Bonchev–Trinajstić information content (AvgIpc) is 3.19. The monoisotopic (exact) mass is 456 g/mol. The van der Waals surface area contributed by atoms with Crippen LogP contribution in [0.3, 0.4) is 0 Å². The molecule has 0 spiro atoms. The highest BCUT2D eigenvalue weighted by Crippen LogP contribution is 2.19. The number of nitrogens with zero attached hydrogens (tertiary/aromatic N) is 2. The van der Waals surface area contributed by atoms with Crippen molar-refractivity contribution in [2.45, 2.75) is 63.2 Å². The molecule has 14 heteroatoms. The number of nitrogens with two attached hydrogens (primary N) is 4. The van der Waals surface area contributed by atoms with Crippen molar-refractivity contribution in [2.75, 3.05) is 13.1 Å². The summed E-state index contributed by atoms with van der Waals surface area (Å²) in [4.78, 5) is 65.4. The molecule has 1 saturated heterocycles. The summed E-state index contributed by atoms with van der Waals surface area (Å²) in [5.41, 5.74) is 21.5. The molecule has 0 radical (unpaired) electrons. The number of likely N-dealkylation sites (tertiary alicyclic amines) is 1. The smallest absolute Gasteiger partial charge is 0.325 e. The van der Waals surface area contributed by atoms with Crippen LogP contribution in [0.1, 0.15) is 39.0 Å². The number of nitrogens with one attached hydrogen (secondary N) is 2. The first-order valence-corrected chi connectivity index (χ1v) is 10.2. The molecule has 32 heavy (non-hydrogen) atoms. The summed E-state index contributed by atoms with van der Waals surface area (Å²) in [7, 11) is 0. The molecule has 0 bridgehead atoms. The van der Waals surface area contributed by atoms with Gasteiger partial charge in [-0.2, -0.15) is 0 Å². The fourth-order valence-corrected chi connectivity index (χ4v) is 3.21. The van der Waals surface area contributed by atoms with E-state index in [9.17, 15) is 24.0 Å². The summed E-state index contributed by atoms with van der Waals surface area (Å²) in [5.74, 6) is -4.12. The first-order chi connectivity index (χ1) is 14.9. The highest BCUT2D eigenvalue weighted by molar-refractivity contribution is 5.96. The second kappa shape index (κ2) is 12.4. The summed E-state index contributed by atoms with van der Waals surface area (Å²) in [6, 6.07) is -4.36. The second-order valence-electron chi connectivity index (χ2n) is 7.55. The van der Waals surface area contributed by atoms with Crippen LogP contribution in [-0.4, -0.2) is 82.8 Å². The van der Waals surface area contributed by atoms with Gasteiger partial charge < -0.3 is 43.6 Å². The van der Waals surface area contributed by atoms with Gasteiger partial charge in [0.05, 0.1) is 12.5 Å². The van der Waals surface area contributed by atoms with Crippen molar-refractivity contribution in [3.8, 4) is 0 Å². The first kappa shape index (κ1) is 26.6. The van der Waals surface area contributed by atoms with Gasteiger partial charge in [-0.25, -0.2) is 0 Å². The minimum atomic E-state index is -1.31. The van der Waals surface area contributed by atoms with E-state index in [1.807, 2.05) is 0 Å². The molecule has 14 nitrogen and oxygen atoms in total. The number of carbonyl (C=O) groups excluding carboxylic acids is 4. The summed E-state index contributed by atoms with van der Waals surface area (Å²) in [6.07, 6.45) is 0.957. The van der Waals surface area contributed by atoms with Crippen molar-refractivity contribution in [3.05, 3.63) is 0 Å². The molecule has 0 aliphatic carbocycles. The molecule has 0 aromatic heterocycles. The molecule has 11 N–H and O–H groups in total. The maximum absolute atomic E-state index is 13.0. The van der Waals surface area contributed by atoms with Crippen LogP contribution in [0.2, 0.25) is 0 Å². The second-order valence-corrected chi connectivity index (χ2v) is 7.55. The van der Waals surface area contributed by atoms with Crippen LogP contribution in [0.4, 0.5) is 0 Å². The molecule has 0 saturated carbocycles. The Balaban J connectivity index is 2.82. The van der Waals surface area contributed by atoms with E-state index in [1.54, 1.807) is 0 Å². The number of hydrogen-bond donors (Lipinski definition) is 7. The highest BCUT2D eigenvalue weighted by atomic mass is 16.4. The Labute approximate surface area is 185 Å². The number of hydrogen-bond acceptors (Lipinski definition) is 7. The first-order valence-electron chi connectivity index (χ1n) is 10.2. The lowest BCUT2D eigenvalue weighted by atomic mass is 10.1. The van der Waals surface area contributed by atoms with Crippen molar-refractivity contribution in [2.24, 2.45) is 27.9 Å². The van der Waals surface area contributed by atoms with Crippen molar-refractivity contribution in [1.82, 2.24) is 15.5 Å². The topological polar surface area (TPSA) is 249 Å². The fraction of sp³-hybridized carbons (Fsp3) is 0.667. The van der Waals surface area contributed by atoms with E-state index < -0.39 is 60.2 Å². The third-order valence-corrected chi connectivity index (χ3v) is 4.89. The van der Waals surface area contributed by atoms with Gasteiger partial charge in [0.25, 0.3) is 0 Å². The minimum absolute atomic E-state index is 0.0860. The number of guanidine groups is 1. The number of amides is 4. The van der Waals surface area contributed by atoms with Gasteiger partial charge >= 0.3 is 5.97 Å². The van der Waals surface area contributed by atoms with Gasteiger partial charge in [0, 0.05) is 13.1 Å². The normalized spacial score (nSPS) is 18.2. The summed E-state index contributed by atoms with van der Waals surface area (Å²) in [5, 5.41) is 13.7. The van der Waals surface area contributed by atoms with Crippen LogP contribution in [0.5, 0.6) is 0 Å². The van der Waals surface area contributed by atoms with Gasteiger partial charge in [-0.05, 0) is 32.6 Å². The van der Waals surface area contributed by atoms with Crippen molar-refractivity contribution in [3.63, 3.8) is 0 Å². The van der Waals surface area contributed by atoms with Gasteiger partial charge in [-0.3, -0.25) is 29.0 Å². The highest BCUT2D eigenvalue weighted by Gasteiger charge is 2.39. The van der Waals surface area contributed by atoms with E-state index in [-0.39, 0.29) is 25.5 Å². The molecule has 1 aliphatic rings. The molecule has 4 amide bonds. The van der Waals surface area contributed by atoms with Gasteiger partial charge in [0.15, 0.2) is 5.96 Å². The number of carbonyl (C=O) groups is 5. The van der Waals surface area contributed by atoms with Crippen LogP contribution in [0.15, 0.2) is 4.99 Å². The summed E-state index contributed by atoms with van der Waals surface area (Å²) >= 11 is 0. The number of aliphatic imine (C=N–C) groups is 1. The quantitative estimate of drug-likeness (QED) is 0.0865. The average molecular weight is 457 g/mol. The standard InChI is InChI=1S/C18H32N8O6/c1-9(17(31)32)24-15(29)12-5-3-7-26(12)16(30)11(8-13(20)27)25-14(28)10(19)4-2-6-23-18(21)22/h9-12H,2-8,19H2,1H3,(H2,20,27)(H,24,29)(H,25,28)(H,31,32)(H4,21,22,23). The molecule has 1 fully saturated rings. The van der Waals surface area contributed by atoms with E-state index in [0.29, 0.717) is 19.3 Å². The molecule has 1 heterocycles. The molecule has 0 aromatic carbocycles. The Hall–Kier alpha value is -3.42. The lowest BCUT2D eigenvalue weighted by Gasteiger charge is -2.29. The van der Waals surface area contributed by atoms with E-state index in [4.69, 9.17) is 28.0 Å². The third kappa shape index (κ3) is 8.37. The van der Waals surface area contributed by atoms with Gasteiger partial charge in [-0.1, -0.05) is 0 Å². The molecule has 180 valence electrons. The molecule has 1 aliphatic heterocycles. The van der Waals surface area contributed by atoms with Crippen molar-refractivity contribution < 1.29 is 29.1 Å². The summed E-state index contributed by atoms with van der Waals surface area (Å²) < 4.78 is 0. The number of carboxylic acids is 1. The van der Waals surface area contributed by atoms with Gasteiger partial charge in [0.1, 0.15) is 18.1 Å². The number of rotatable bonds is 12. The molecule has 0 aromatic rings. The van der Waals surface area contributed by atoms with Crippen LogP contribution in [-0.2, 0) is 24.0 Å². The Bertz CT molecular complexity index is 754. The number of primary amides is 1. The summed E-state index contributed by atoms with van der Waals surface area (Å²) in [6.45, 7) is 1.77. The van der Waals surface area contributed by atoms with Crippen LogP contribution >= 0.6 is 0 Å². The van der Waals surface area contributed by atoms with E-state index in [2.05, 4.69) is 15.6 Å². The molecular weight excluding hydrogens is 424 g/mol. The zero-order chi connectivity index (χ0) is 24.4. The maximum atomic E-state index is 13.0. The zero-order valence-electron chi connectivity index (χ0n) is 18.0. The Morgan fingerprint density at radius 2 is 1.81 bits per heavy atom. The predicted molar refractivity (Wildman–Crippen MR) is 114 cm³/mol. The van der Waals surface area contributed by atoms with Crippen LogP contribution in [0.25, 0.3) is 0 Å². The SMILES string of the molecule is CC(NC(=O)C1CCCN1C(=O)C(CC(N)=O)NC(=O)C(N)CCCN=C(N)N)C(=O)O. The number of aliphatic carboxylic acids is 1. The molecule has 4 atom stereocenters. The van der Waals surface area contributed by atoms with Crippen molar-refractivity contribution >= 4 is 35.6 Å². The Morgan fingerprint density at radius 3 is 2.38 bits per heavy atom. The minimum Gasteiger partial charge on any atom is -0.480 e. The van der Waals surface area contributed by atoms with Gasteiger partial charge in [-0.15, -0.1) is 0 Å². The Morgan fingerprint density at radius 1 is 1.16 bits per heavy atom. The molecule has 4 unspecified atom stereocenters. The maximum Gasteiger partial charge on any atom is 0.325 e. The zero-order valence-corrected chi connectivity index (χ0v) is 18.0. The van der Waals surface area contributed by atoms with E-state index >= 15 is 0 Å². The molecular formula is C18H32N8O6. The van der Waals surface area contributed by atoms with E-state index in [0.717, 1.165) is 0 Å².